The molecule has 1 N–H and O–H groups in total. The molecule has 1 aromatic rings. The molecule has 5 heteroatoms. The minimum absolute atomic E-state index is 0.0259. The number of carbonyl (C=O) groups is 1. The highest BCUT2D eigenvalue weighted by Gasteiger charge is 2.77. The molecule has 0 bridgehead atoms. The molecule has 0 spiro atoms. The van der Waals surface area contributed by atoms with Crippen molar-refractivity contribution in [1.82, 2.24) is 0 Å². The topological polar surface area (TPSA) is 37.3 Å². The summed E-state index contributed by atoms with van der Waals surface area (Å²) in [7, 11) is 0. The minimum atomic E-state index is -3.29. The summed E-state index contributed by atoms with van der Waals surface area (Å²) >= 11 is 0. The molecule has 1 fully saturated rings. The number of carboxylic acids is 1. The van der Waals surface area contributed by atoms with Crippen molar-refractivity contribution in [2.45, 2.75) is 24.7 Å². The maximum Gasteiger partial charge on any atom is 0.320 e. The van der Waals surface area contributed by atoms with Gasteiger partial charge in [0.1, 0.15) is 5.82 Å². The van der Waals surface area contributed by atoms with Gasteiger partial charge in [-0.2, -0.15) is 0 Å². The van der Waals surface area contributed by atoms with E-state index in [1.807, 2.05) is 0 Å². The van der Waals surface area contributed by atoms with E-state index in [1.165, 1.54) is 19.1 Å². The third-order valence-electron chi connectivity index (χ3n) is 3.08. The van der Waals surface area contributed by atoms with Gasteiger partial charge in [0.25, 0.3) is 5.92 Å². The zero-order valence-corrected chi connectivity index (χ0v) is 8.43. The van der Waals surface area contributed by atoms with Crippen LogP contribution < -0.4 is 0 Å². The summed E-state index contributed by atoms with van der Waals surface area (Å²) in [6, 6.07) is 3.61. The molecular weight excluding hydrogens is 221 g/mol. The van der Waals surface area contributed by atoms with Crippen molar-refractivity contribution in [1.29, 1.82) is 0 Å². The Morgan fingerprint density at radius 1 is 1.44 bits per heavy atom. The highest BCUT2D eigenvalue weighted by Crippen LogP contribution is 2.62. The first-order chi connectivity index (χ1) is 7.33. The molecule has 1 saturated carbocycles. The van der Waals surface area contributed by atoms with Crippen LogP contribution in [0, 0.1) is 12.7 Å². The lowest BCUT2D eigenvalue weighted by molar-refractivity contribution is -0.143. The number of carboxylic acid groups (broad SMARTS) is 1. The Hall–Kier alpha value is -1.52. The number of benzene rings is 1. The highest BCUT2D eigenvalue weighted by molar-refractivity contribution is 5.88. The smallest absolute Gasteiger partial charge is 0.320 e. The molecule has 0 amide bonds. The van der Waals surface area contributed by atoms with Gasteiger partial charge < -0.3 is 5.11 Å². The van der Waals surface area contributed by atoms with Gasteiger partial charge in [-0.1, -0.05) is 12.1 Å². The van der Waals surface area contributed by atoms with Crippen LogP contribution in [0.25, 0.3) is 0 Å². The van der Waals surface area contributed by atoms with Gasteiger partial charge in [0.05, 0.1) is 0 Å². The lowest BCUT2D eigenvalue weighted by Gasteiger charge is -2.14. The lowest BCUT2D eigenvalue weighted by Crippen LogP contribution is -2.28. The number of hydrogen-bond acceptors (Lipinski definition) is 1. The Balaban J connectivity index is 2.60. The average Bonchev–Trinajstić information content (AvgIpc) is 2.75. The first kappa shape index (κ1) is 11.0. The Labute approximate surface area is 89.7 Å². The summed E-state index contributed by atoms with van der Waals surface area (Å²) in [4.78, 5) is 11.0. The van der Waals surface area contributed by atoms with E-state index in [2.05, 4.69) is 0 Å². The van der Waals surface area contributed by atoms with Gasteiger partial charge in [-0.3, -0.25) is 4.79 Å². The monoisotopic (exact) mass is 230 g/mol. The number of rotatable bonds is 2. The molecule has 0 radical (unpaired) electrons. The molecule has 1 unspecified atom stereocenters. The molecule has 1 aromatic carbocycles. The molecule has 0 aliphatic heterocycles. The molecule has 0 heterocycles. The van der Waals surface area contributed by atoms with E-state index in [4.69, 9.17) is 5.11 Å². The van der Waals surface area contributed by atoms with Gasteiger partial charge in [0.2, 0.25) is 0 Å². The maximum absolute atomic E-state index is 13.2. The summed E-state index contributed by atoms with van der Waals surface area (Å²) < 4.78 is 39.6. The molecule has 86 valence electrons. The Morgan fingerprint density at radius 3 is 2.44 bits per heavy atom. The SMILES string of the molecule is Cc1c(F)cccc1C1(C(=O)O)CC1(F)F. The lowest BCUT2D eigenvalue weighted by atomic mass is 9.91. The molecule has 16 heavy (non-hydrogen) atoms. The normalized spacial score (nSPS) is 26.5. The molecule has 0 saturated heterocycles. The van der Waals surface area contributed by atoms with E-state index < -0.39 is 29.5 Å². The average molecular weight is 230 g/mol. The largest absolute Gasteiger partial charge is 0.480 e. The van der Waals surface area contributed by atoms with E-state index in [0.717, 1.165) is 6.07 Å². The van der Waals surface area contributed by atoms with Gasteiger partial charge >= 0.3 is 5.97 Å². The zero-order valence-electron chi connectivity index (χ0n) is 8.43. The van der Waals surface area contributed by atoms with Crippen LogP contribution in [-0.4, -0.2) is 17.0 Å². The van der Waals surface area contributed by atoms with Crippen molar-refractivity contribution >= 4 is 5.97 Å². The van der Waals surface area contributed by atoms with Crippen molar-refractivity contribution in [2.75, 3.05) is 0 Å². The molecule has 1 aliphatic carbocycles. The fourth-order valence-corrected chi connectivity index (χ4v) is 2.00. The van der Waals surface area contributed by atoms with Crippen LogP contribution in [0.3, 0.4) is 0 Å². The van der Waals surface area contributed by atoms with E-state index in [9.17, 15) is 18.0 Å². The predicted molar refractivity (Wildman–Crippen MR) is 50.0 cm³/mol. The zero-order chi connectivity index (χ0) is 12.1. The van der Waals surface area contributed by atoms with E-state index in [0.29, 0.717) is 0 Å². The van der Waals surface area contributed by atoms with Crippen LogP contribution in [0.5, 0.6) is 0 Å². The van der Waals surface area contributed by atoms with Gasteiger partial charge in [-0.25, -0.2) is 13.2 Å². The number of alkyl halides is 2. The van der Waals surface area contributed by atoms with Crippen molar-refractivity contribution in [2.24, 2.45) is 0 Å². The van der Waals surface area contributed by atoms with Crippen LogP contribution in [0.2, 0.25) is 0 Å². The third kappa shape index (κ3) is 1.17. The molecule has 1 atom stereocenters. The van der Waals surface area contributed by atoms with Crippen molar-refractivity contribution < 1.29 is 23.1 Å². The molecule has 2 rings (SSSR count). The highest BCUT2D eigenvalue weighted by atomic mass is 19.3. The van der Waals surface area contributed by atoms with E-state index in [1.54, 1.807) is 0 Å². The fourth-order valence-electron chi connectivity index (χ4n) is 2.00. The van der Waals surface area contributed by atoms with Crippen LogP contribution >= 0.6 is 0 Å². The second-order valence-electron chi connectivity index (χ2n) is 4.00. The van der Waals surface area contributed by atoms with Crippen LogP contribution in [0.15, 0.2) is 18.2 Å². The van der Waals surface area contributed by atoms with Crippen molar-refractivity contribution in [3.63, 3.8) is 0 Å². The van der Waals surface area contributed by atoms with Gasteiger partial charge in [0, 0.05) is 6.42 Å². The standard InChI is InChI=1S/C11H9F3O2/c1-6-7(3-2-4-8(6)12)10(9(15)16)5-11(10,13)14/h2-4H,5H2,1H3,(H,15,16). The Morgan fingerprint density at radius 2 is 2.00 bits per heavy atom. The van der Waals surface area contributed by atoms with Gasteiger partial charge in [-0.05, 0) is 24.1 Å². The first-order valence-electron chi connectivity index (χ1n) is 4.70. The molecule has 2 nitrogen and oxygen atoms in total. The van der Waals surface area contributed by atoms with E-state index >= 15 is 0 Å². The second kappa shape index (κ2) is 2.99. The first-order valence-corrected chi connectivity index (χ1v) is 4.70. The Kier molecular flexibility index (Phi) is 2.05. The fraction of sp³-hybridized carbons (Fsp3) is 0.364. The number of hydrogen-bond donors (Lipinski definition) is 1. The second-order valence-corrected chi connectivity index (χ2v) is 4.00. The molecule has 0 aromatic heterocycles. The summed E-state index contributed by atoms with van der Waals surface area (Å²) in [5.41, 5.74) is -2.40. The summed E-state index contributed by atoms with van der Waals surface area (Å²) in [5, 5.41) is 8.91. The van der Waals surface area contributed by atoms with Crippen molar-refractivity contribution in [3.05, 3.63) is 35.1 Å². The van der Waals surface area contributed by atoms with Crippen LogP contribution in [0.4, 0.5) is 13.2 Å². The summed E-state index contributed by atoms with van der Waals surface area (Å²) in [6.07, 6.45) is -0.764. The predicted octanol–water partition coefficient (Wildman–Crippen LogP) is 2.50. The van der Waals surface area contributed by atoms with E-state index in [-0.39, 0.29) is 11.1 Å². The van der Waals surface area contributed by atoms with Gasteiger partial charge in [0.15, 0.2) is 5.41 Å². The Bertz CT molecular complexity index is 470. The van der Waals surface area contributed by atoms with Crippen LogP contribution in [-0.2, 0) is 10.2 Å². The molecule has 1 aliphatic rings. The molecular formula is C11H9F3O2. The van der Waals surface area contributed by atoms with Gasteiger partial charge in [-0.15, -0.1) is 0 Å². The summed E-state index contributed by atoms with van der Waals surface area (Å²) in [5.74, 6) is -5.57. The van der Waals surface area contributed by atoms with Crippen molar-refractivity contribution in [3.8, 4) is 0 Å². The minimum Gasteiger partial charge on any atom is -0.480 e. The summed E-state index contributed by atoms with van der Waals surface area (Å²) in [6.45, 7) is 1.31. The van der Waals surface area contributed by atoms with Crippen LogP contribution in [0.1, 0.15) is 17.5 Å². The maximum atomic E-state index is 13.2. The number of halogens is 3. The number of aliphatic carboxylic acids is 1. The third-order valence-corrected chi connectivity index (χ3v) is 3.08. The quantitative estimate of drug-likeness (QED) is 0.847.